The van der Waals surface area contributed by atoms with E-state index in [0.29, 0.717) is 18.9 Å². The van der Waals surface area contributed by atoms with Gasteiger partial charge in [0.25, 0.3) is 0 Å². The summed E-state index contributed by atoms with van der Waals surface area (Å²) in [5, 5.41) is 5.86. The highest BCUT2D eigenvalue weighted by Crippen LogP contribution is 2.41. The molecule has 0 aromatic heterocycles. The Morgan fingerprint density at radius 2 is 1.74 bits per heavy atom. The minimum atomic E-state index is -0.781. The molecule has 2 rings (SSSR count). The molecule has 1 aromatic rings. The first-order chi connectivity index (χ1) is 16.4. The number of nitrogens with one attached hydrogen (secondary N) is 2. The van der Waals surface area contributed by atoms with Crippen LogP contribution in [-0.4, -0.2) is 47.0 Å². The van der Waals surface area contributed by atoms with E-state index in [-0.39, 0.29) is 23.8 Å². The Hall–Kier alpha value is -2.57. The monoisotopic (exact) mass is 487 g/mol. The molecule has 0 saturated heterocycles. The van der Waals surface area contributed by atoms with E-state index in [0.717, 1.165) is 31.2 Å². The number of ether oxygens (including phenoxy) is 1. The van der Waals surface area contributed by atoms with Gasteiger partial charge < -0.3 is 20.3 Å². The van der Waals surface area contributed by atoms with Crippen molar-refractivity contribution in [3.63, 3.8) is 0 Å². The SMILES string of the molecule is CCCCCNC(=O)C(c1ccccc1)N(C(=O)C(CC(C)C)NC(=O)OC(C)(C)C)C1CC1C. The van der Waals surface area contributed by atoms with E-state index in [1.54, 1.807) is 25.7 Å². The summed E-state index contributed by atoms with van der Waals surface area (Å²) in [4.78, 5) is 41.9. The topological polar surface area (TPSA) is 87.7 Å². The molecule has 196 valence electrons. The van der Waals surface area contributed by atoms with Crippen LogP contribution >= 0.6 is 0 Å². The number of hydrogen-bond donors (Lipinski definition) is 2. The molecule has 4 atom stereocenters. The van der Waals surface area contributed by atoms with Gasteiger partial charge in [0.05, 0.1) is 0 Å². The number of hydrogen-bond acceptors (Lipinski definition) is 4. The van der Waals surface area contributed by atoms with Crippen molar-refractivity contribution in [3.8, 4) is 0 Å². The van der Waals surface area contributed by atoms with E-state index in [2.05, 4.69) is 24.5 Å². The standard InChI is InChI=1S/C28H45N3O4/c1-8-9-13-16-29-25(32)24(21-14-11-10-12-15-21)31(23-18-20(23)4)26(33)22(17-19(2)3)30-27(34)35-28(5,6)7/h10-12,14-15,19-20,22-24H,8-9,13,16-18H2,1-7H3,(H,29,32)(H,30,34). The van der Waals surface area contributed by atoms with E-state index in [4.69, 9.17) is 4.74 Å². The molecule has 4 unspecified atom stereocenters. The fourth-order valence-electron chi connectivity index (χ4n) is 4.25. The van der Waals surface area contributed by atoms with Gasteiger partial charge in [0.15, 0.2) is 0 Å². The van der Waals surface area contributed by atoms with Crippen LogP contribution in [0.4, 0.5) is 4.79 Å². The highest BCUT2D eigenvalue weighted by molar-refractivity contribution is 5.92. The van der Waals surface area contributed by atoms with Crippen LogP contribution in [0.3, 0.4) is 0 Å². The van der Waals surface area contributed by atoms with Crippen molar-refractivity contribution in [2.75, 3.05) is 6.54 Å². The zero-order valence-electron chi connectivity index (χ0n) is 22.6. The summed E-state index contributed by atoms with van der Waals surface area (Å²) in [6, 6.07) is 7.87. The van der Waals surface area contributed by atoms with Crippen LogP contribution in [0, 0.1) is 11.8 Å². The van der Waals surface area contributed by atoms with Crippen molar-refractivity contribution in [3.05, 3.63) is 35.9 Å². The van der Waals surface area contributed by atoms with Crippen molar-refractivity contribution in [2.45, 2.75) is 104 Å². The van der Waals surface area contributed by atoms with Crippen LogP contribution in [0.1, 0.15) is 92.2 Å². The Morgan fingerprint density at radius 3 is 2.26 bits per heavy atom. The average Bonchev–Trinajstić information content (AvgIpc) is 3.48. The molecule has 0 bridgehead atoms. The number of unbranched alkanes of at least 4 members (excludes halogenated alkanes) is 2. The maximum atomic E-state index is 14.1. The lowest BCUT2D eigenvalue weighted by Gasteiger charge is -2.35. The highest BCUT2D eigenvalue weighted by Gasteiger charge is 2.48. The van der Waals surface area contributed by atoms with Crippen molar-refractivity contribution in [2.24, 2.45) is 11.8 Å². The summed E-state index contributed by atoms with van der Waals surface area (Å²) in [6.07, 6.45) is 3.66. The number of alkyl carbamates (subject to hydrolysis) is 1. The number of amides is 3. The van der Waals surface area contributed by atoms with Gasteiger partial charge in [0, 0.05) is 12.6 Å². The second-order valence-corrected chi connectivity index (χ2v) is 11.2. The number of carbonyl (C=O) groups is 3. The van der Waals surface area contributed by atoms with Crippen molar-refractivity contribution in [1.29, 1.82) is 0 Å². The zero-order valence-corrected chi connectivity index (χ0v) is 22.6. The summed E-state index contributed by atoms with van der Waals surface area (Å²) in [7, 11) is 0. The van der Waals surface area contributed by atoms with Crippen LogP contribution in [0.5, 0.6) is 0 Å². The van der Waals surface area contributed by atoms with Crippen molar-refractivity contribution in [1.82, 2.24) is 15.5 Å². The first-order valence-electron chi connectivity index (χ1n) is 13.1. The Labute approximate surface area is 211 Å². The molecule has 1 aliphatic carbocycles. The molecule has 3 amide bonds. The van der Waals surface area contributed by atoms with Gasteiger partial charge in [0.2, 0.25) is 11.8 Å². The Morgan fingerprint density at radius 1 is 1.11 bits per heavy atom. The summed E-state index contributed by atoms with van der Waals surface area (Å²) in [5.74, 6) is 0.0338. The fourth-order valence-corrected chi connectivity index (χ4v) is 4.25. The van der Waals surface area contributed by atoms with E-state index in [1.807, 2.05) is 44.2 Å². The molecule has 7 heteroatoms. The third-order valence-corrected chi connectivity index (χ3v) is 6.10. The molecular weight excluding hydrogens is 442 g/mol. The van der Waals surface area contributed by atoms with Gasteiger partial charge in [-0.1, -0.05) is 70.9 Å². The smallest absolute Gasteiger partial charge is 0.408 e. The second-order valence-electron chi connectivity index (χ2n) is 11.2. The third kappa shape index (κ3) is 9.19. The van der Waals surface area contributed by atoms with Gasteiger partial charge >= 0.3 is 6.09 Å². The Bertz CT molecular complexity index is 834. The number of rotatable bonds is 12. The number of benzene rings is 1. The lowest BCUT2D eigenvalue weighted by atomic mass is 9.98. The normalized spacial score (nSPS) is 19.0. The number of nitrogens with zero attached hydrogens (tertiary/aromatic N) is 1. The van der Waals surface area contributed by atoms with Crippen LogP contribution in [0.2, 0.25) is 0 Å². The molecule has 7 nitrogen and oxygen atoms in total. The van der Waals surface area contributed by atoms with Crippen LogP contribution in [0.25, 0.3) is 0 Å². The summed E-state index contributed by atoms with van der Waals surface area (Å²) < 4.78 is 5.45. The molecule has 0 aliphatic heterocycles. The third-order valence-electron chi connectivity index (χ3n) is 6.10. The summed E-state index contributed by atoms with van der Waals surface area (Å²) in [5.41, 5.74) is 0.0963. The predicted octanol–water partition coefficient (Wildman–Crippen LogP) is 5.21. The van der Waals surface area contributed by atoms with Gasteiger partial charge in [-0.25, -0.2) is 4.79 Å². The molecule has 1 aliphatic rings. The van der Waals surface area contributed by atoms with Crippen LogP contribution in [-0.2, 0) is 14.3 Å². The van der Waals surface area contributed by atoms with Gasteiger partial charge in [-0.3, -0.25) is 9.59 Å². The van der Waals surface area contributed by atoms with Gasteiger partial charge in [0.1, 0.15) is 17.7 Å². The maximum absolute atomic E-state index is 14.1. The number of carbonyl (C=O) groups excluding carboxylic acids is 3. The maximum Gasteiger partial charge on any atom is 0.408 e. The molecule has 1 saturated carbocycles. The second kappa shape index (κ2) is 12.9. The molecule has 1 aromatic carbocycles. The van der Waals surface area contributed by atoms with E-state index in [9.17, 15) is 14.4 Å². The largest absolute Gasteiger partial charge is 0.444 e. The highest BCUT2D eigenvalue weighted by atomic mass is 16.6. The van der Waals surface area contributed by atoms with Crippen molar-refractivity contribution >= 4 is 17.9 Å². The molecule has 2 N–H and O–H groups in total. The van der Waals surface area contributed by atoms with Crippen molar-refractivity contribution < 1.29 is 19.1 Å². The molecule has 0 radical (unpaired) electrons. The lowest BCUT2D eigenvalue weighted by molar-refractivity contribution is -0.143. The molecule has 1 fully saturated rings. The first-order valence-corrected chi connectivity index (χ1v) is 13.1. The Balaban J connectivity index is 2.38. The van der Waals surface area contributed by atoms with E-state index >= 15 is 0 Å². The zero-order chi connectivity index (χ0) is 26.2. The minimum Gasteiger partial charge on any atom is -0.444 e. The minimum absolute atomic E-state index is 0.0517. The average molecular weight is 488 g/mol. The van der Waals surface area contributed by atoms with E-state index in [1.165, 1.54) is 0 Å². The summed E-state index contributed by atoms with van der Waals surface area (Å²) in [6.45, 7) is 14.2. The Kier molecular flexibility index (Phi) is 10.6. The molecular formula is C28H45N3O4. The molecule has 35 heavy (non-hydrogen) atoms. The lowest BCUT2D eigenvalue weighted by Crippen LogP contribution is -2.54. The van der Waals surface area contributed by atoms with Gasteiger partial charge in [-0.15, -0.1) is 0 Å². The summed E-state index contributed by atoms with van der Waals surface area (Å²) >= 11 is 0. The quantitative estimate of drug-likeness (QED) is 0.396. The van der Waals surface area contributed by atoms with Gasteiger partial charge in [-0.2, -0.15) is 0 Å². The van der Waals surface area contributed by atoms with Gasteiger partial charge in [-0.05, 0) is 57.4 Å². The fraction of sp³-hybridized carbons (Fsp3) is 0.679. The van der Waals surface area contributed by atoms with Crippen LogP contribution < -0.4 is 10.6 Å². The molecule has 0 heterocycles. The van der Waals surface area contributed by atoms with E-state index < -0.39 is 23.8 Å². The first kappa shape index (κ1) is 28.7. The predicted molar refractivity (Wildman–Crippen MR) is 139 cm³/mol. The van der Waals surface area contributed by atoms with Crippen LogP contribution in [0.15, 0.2) is 30.3 Å². The molecule has 0 spiro atoms.